The first-order chi connectivity index (χ1) is 8.66. The predicted molar refractivity (Wildman–Crippen MR) is 71.5 cm³/mol. The summed E-state index contributed by atoms with van der Waals surface area (Å²) < 4.78 is 0. The molecular weight excluding hydrogens is 226 g/mol. The molecule has 0 saturated heterocycles. The Morgan fingerprint density at radius 1 is 0.889 bits per heavy atom. The number of aryl methyl sites for hydroxylation is 1. The van der Waals surface area contributed by atoms with Crippen molar-refractivity contribution in [1.29, 1.82) is 0 Å². The number of hydrogen-bond donors (Lipinski definition) is 3. The van der Waals surface area contributed by atoms with Crippen molar-refractivity contribution in [2.75, 3.05) is 0 Å². The molecule has 2 rings (SSSR count). The monoisotopic (exact) mass is 243 g/mol. The predicted octanol–water partition coefficient (Wildman–Crippen LogP) is 2.70. The van der Waals surface area contributed by atoms with Gasteiger partial charge in [0.15, 0.2) is 0 Å². The molecule has 0 aliphatic rings. The first-order valence-electron chi connectivity index (χ1n) is 5.93. The second-order valence-corrected chi connectivity index (χ2v) is 4.36. The van der Waals surface area contributed by atoms with E-state index in [1.54, 1.807) is 18.2 Å². The maximum atomic E-state index is 9.70. The number of rotatable bonds is 4. The average molecular weight is 243 g/mol. The smallest absolute Gasteiger partial charge is 0.120 e. The highest BCUT2D eigenvalue weighted by molar-refractivity contribution is 5.36. The van der Waals surface area contributed by atoms with E-state index in [1.165, 1.54) is 0 Å². The lowest BCUT2D eigenvalue weighted by molar-refractivity contribution is 0.458. The van der Waals surface area contributed by atoms with Crippen molar-refractivity contribution in [2.45, 2.75) is 20.0 Å². The van der Waals surface area contributed by atoms with E-state index in [2.05, 4.69) is 5.32 Å². The van der Waals surface area contributed by atoms with Crippen LogP contribution in [0, 0.1) is 6.92 Å². The highest BCUT2D eigenvalue weighted by Crippen LogP contribution is 2.19. The molecule has 0 saturated carbocycles. The maximum Gasteiger partial charge on any atom is 0.120 e. The van der Waals surface area contributed by atoms with E-state index >= 15 is 0 Å². The molecule has 0 bridgehead atoms. The molecule has 0 aliphatic carbocycles. The average Bonchev–Trinajstić information content (AvgIpc) is 2.36. The van der Waals surface area contributed by atoms with Gasteiger partial charge in [0.25, 0.3) is 0 Å². The van der Waals surface area contributed by atoms with Crippen LogP contribution < -0.4 is 5.32 Å². The number of nitrogens with one attached hydrogen (secondary N) is 1. The molecule has 3 N–H and O–H groups in total. The van der Waals surface area contributed by atoms with Crippen LogP contribution in [0.3, 0.4) is 0 Å². The van der Waals surface area contributed by atoms with Gasteiger partial charge in [-0.25, -0.2) is 0 Å². The molecule has 0 amide bonds. The van der Waals surface area contributed by atoms with Crippen molar-refractivity contribution in [1.82, 2.24) is 5.32 Å². The SMILES string of the molecule is Cc1ccc(O)c(CNCc2ccccc2O)c1. The Hall–Kier alpha value is -2.00. The number of para-hydroxylation sites is 1. The number of aromatic hydroxyl groups is 2. The molecule has 0 unspecified atom stereocenters. The normalized spacial score (nSPS) is 10.5. The van der Waals surface area contributed by atoms with Crippen LogP contribution >= 0.6 is 0 Å². The molecule has 3 heteroatoms. The zero-order valence-corrected chi connectivity index (χ0v) is 10.4. The molecule has 0 spiro atoms. The first-order valence-corrected chi connectivity index (χ1v) is 5.93. The van der Waals surface area contributed by atoms with Crippen molar-refractivity contribution < 1.29 is 10.2 Å². The fourth-order valence-corrected chi connectivity index (χ4v) is 1.85. The lowest BCUT2D eigenvalue weighted by Gasteiger charge is -2.09. The summed E-state index contributed by atoms with van der Waals surface area (Å²) in [5.41, 5.74) is 2.84. The topological polar surface area (TPSA) is 52.5 Å². The van der Waals surface area contributed by atoms with Crippen molar-refractivity contribution in [3.05, 3.63) is 59.2 Å². The minimum absolute atomic E-state index is 0.290. The molecule has 0 aromatic heterocycles. The fourth-order valence-electron chi connectivity index (χ4n) is 1.85. The van der Waals surface area contributed by atoms with Crippen molar-refractivity contribution >= 4 is 0 Å². The molecule has 0 heterocycles. The first kappa shape index (κ1) is 12.5. The molecule has 2 aromatic rings. The summed E-state index contributed by atoms with van der Waals surface area (Å²) in [6.07, 6.45) is 0. The van der Waals surface area contributed by atoms with E-state index in [9.17, 15) is 10.2 Å². The Balaban J connectivity index is 1.96. The molecule has 0 aliphatic heterocycles. The highest BCUT2D eigenvalue weighted by Gasteiger charge is 2.02. The summed E-state index contributed by atoms with van der Waals surface area (Å²) in [6.45, 7) is 3.13. The van der Waals surface area contributed by atoms with Crippen LogP contribution in [0.1, 0.15) is 16.7 Å². The molecular formula is C15H17NO2. The molecule has 2 aromatic carbocycles. The van der Waals surface area contributed by atoms with Gasteiger partial charge in [0.05, 0.1) is 0 Å². The Morgan fingerprint density at radius 3 is 2.33 bits per heavy atom. The third-order valence-electron chi connectivity index (χ3n) is 2.86. The Bertz CT molecular complexity index is 538. The number of phenolic OH excluding ortho intramolecular Hbond substituents is 2. The summed E-state index contributed by atoms with van der Waals surface area (Å²) in [4.78, 5) is 0. The zero-order valence-electron chi connectivity index (χ0n) is 10.4. The van der Waals surface area contributed by atoms with Crippen LogP contribution in [-0.4, -0.2) is 10.2 Å². The van der Waals surface area contributed by atoms with E-state index < -0.39 is 0 Å². The third-order valence-corrected chi connectivity index (χ3v) is 2.86. The Labute approximate surface area is 107 Å². The van der Waals surface area contributed by atoms with Crippen LogP contribution in [0.15, 0.2) is 42.5 Å². The van der Waals surface area contributed by atoms with E-state index in [-0.39, 0.29) is 0 Å². The fraction of sp³-hybridized carbons (Fsp3) is 0.200. The Morgan fingerprint density at radius 2 is 1.56 bits per heavy atom. The van der Waals surface area contributed by atoms with E-state index in [1.807, 2.05) is 31.2 Å². The standard InChI is InChI=1S/C15H17NO2/c1-11-6-7-15(18)13(8-11)10-16-9-12-4-2-3-5-14(12)17/h2-8,16-18H,9-10H2,1H3. The van der Waals surface area contributed by atoms with Gasteiger partial charge in [0, 0.05) is 24.2 Å². The van der Waals surface area contributed by atoms with Crippen LogP contribution in [0.5, 0.6) is 11.5 Å². The molecule has 0 atom stereocenters. The summed E-state index contributed by atoms with van der Waals surface area (Å²) in [5.74, 6) is 0.587. The second kappa shape index (κ2) is 5.56. The number of phenols is 2. The van der Waals surface area contributed by atoms with Crippen LogP contribution in [0.4, 0.5) is 0 Å². The quantitative estimate of drug-likeness (QED) is 0.774. The van der Waals surface area contributed by atoms with Gasteiger partial charge < -0.3 is 15.5 Å². The van der Waals surface area contributed by atoms with E-state index in [4.69, 9.17) is 0 Å². The molecule has 94 valence electrons. The minimum Gasteiger partial charge on any atom is -0.508 e. The van der Waals surface area contributed by atoms with Crippen molar-refractivity contribution in [3.63, 3.8) is 0 Å². The van der Waals surface area contributed by atoms with E-state index in [0.29, 0.717) is 24.6 Å². The lowest BCUT2D eigenvalue weighted by Crippen LogP contribution is -2.12. The maximum absolute atomic E-state index is 9.70. The van der Waals surface area contributed by atoms with Gasteiger partial charge in [-0.1, -0.05) is 35.9 Å². The van der Waals surface area contributed by atoms with Gasteiger partial charge in [-0.2, -0.15) is 0 Å². The summed E-state index contributed by atoms with van der Waals surface area (Å²) in [5, 5.41) is 22.5. The molecule has 3 nitrogen and oxygen atoms in total. The zero-order chi connectivity index (χ0) is 13.0. The van der Waals surface area contributed by atoms with Gasteiger partial charge >= 0.3 is 0 Å². The molecule has 0 fully saturated rings. The summed E-state index contributed by atoms with van der Waals surface area (Å²) >= 11 is 0. The van der Waals surface area contributed by atoms with Crippen LogP contribution in [0.25, 0.3) is 0 Å². The van der Waals surface area contributed by atoms with Crippen molar-refractivity contribution in [2.24, 2.45) is 0 Å². The minimum atomic E-state index is 0.290. The van der Waals surface area contributed by atoms with Gasteiger partial charge in [-0.05, 0) is 19.1 Å². The third kappa shape index (κ3) is 3.02. The van der Waals surface area contributed by atoms with Gasteiger partial charge in [-0.15, -0.1) is 0 Å². The van der Waals surface area contributed by atoms with E-state index in [0.717, 1.165) is 16.7 Å². The van der Waals surface area contributed by atoms with Gasteiger partial charge in [0.2, 0.25) is 0 Å². The lowest BCUT2D eigenvalue weighted by atomic mass is 10.1. The summed E-state index contributed by atoms with van der Waals surface area (Å²) in [6, 6.07) is 12.8. The van der Waals surface area contributed by atoms with Crippen molar-refractivity contribution in [3.8, 4) is 11.5 Å². The number of hydrogen-bond acceptors (Lipinski definition) is 3. The molecule has 0 radical (unpaired) electrons. The highest BCUT2D eigenvalue weighted by atomic mass is 16.3. The van der Waals surface area contributed by atoms with Crippen LogP contribution in [0.2, 0.25) is 0 Å². The molecule has 18 heavy (non-hydrogen) atoms. The van der Waals surface area contributed by atoms with Gasteiger partial charge in [-0.3, -0.25) is 0 Å². The number of benzene rings is 2. The largest absolute Gasteiger partial charge is 0.508 e. The van der Waals surface area contributed by atoms with Gasteiger partial charge in [0.1, 0.15) is 11.5 Å². The van der Waals surface area contributed by atoms with Crippen LogP contribution in [-0.2, 0) is 13.1 Å². The Kier molecular flexibility index (Phi) is 3.85. The summed E-state index contributed by atoms with van der Waals surface area (Å²) in [7, 11) is 0. The second-order valence-electron chi connectivity index (χ2n) is 4.36.